The van der Waals surface area contributed by atoms with E-state index in [-0.39, 0.29) is 29.7 Å². The number of amides is 2. The van der Waals surface area contributed by atoms with Crippen molar-refractivity contribution in [3.63, 3.8) is 0 Å². The van der Waals surface area contributed by atoms with E-state index in [4.69, 9.17) is 0 Å². The number of rotatable bonds is 5. The van der Waals surface area contributed by atoms with E-state index in [9.17, 15) is 14.4 Å². The fourth-order valence-electron chi connectivity index (χ4n) is 1.72. The number of carbonyl (C=O) groups is 3. The Morgan fingerprint density at radius 3 is 2.78 bits per heavy atom. The molecule has 0 unspecified atom stereocenters. The summed E-state index contributed by atoms with van der Waals surface area (Å²) in [6, 6.07) is -0.472. The highest BCUT2D eigenvalue weighted by Crippen LogP contribution is 2.37. The van der Waals surface area contributed by atoms with Crippen LogP contribution < -0.4 is 5.32 Å². The van der Waals surface area contributed by atoms with Crippen molar-refractivity contribution in [3.05, 3.63) is 0 Å². The van der Waals surface area contributed by atoms with Gasteiger partial charge in [-0.25, -0.2) is 0 Å². The van der Waals surface area contributed by atoms with E-state index < -0.39 is 6.04 Å². The molecule has 0 aromatic heterocycles. The number of esters is 1. The van der Waals surface area contributed by atoms with E-state index in [2.05, 4.69) is 10.1 Å². The number of hydrogen-bond donors (Lipinski definition) is 1. The van der Waals surface area contributed by atoms with E-state index in [0.29, 0.717) is 12.2 Å². The van der Waals surface area contributed by atoms with Crippen molar-refractivity contribution < 1.29 is 19.1 Å². The molecule has 0 saturated carbocycles. The van der Waals surface area contributed by atoms with Gasteiger partial charge in [0.25, 0.3) is 0 Å². The lowest BCUT2D eigenvalue weighted by Crippen LogP contribution is -2.49. The highest BCUT2D eigenvalue weighted by Gasteiger charge is 2.42. The third-order valence-corrected chi connectivity index (χ3v) is 4.22. The van der Waals surface area contributed by atoms with Crippen molar-refractivity contribution >= 4 is 30.0 Å². The Hall–Kier alpha value is -1.24. The first-order valence-corrected chi connectivity index (χ1v) is 6.63. The Morgan fingerprint density at radius 2 is 2.22 bits per heavy atom. The van der Waals surface area contributed by atoms with E-state index in [1.807, 2.05) is 13.8 Å². The molecule has 0 aromatic rings. The molecule has 7 heteroatoms. The topological polar surface area (TPSA) is 75.7 Å². The van der Waals surface area contributed by atoms with Crippen molar-refractivity contribution in [1.82, 2.24) is 10.2 Å². The first-order chi connectivity index (χ1) is 8.42. The van der Waals surface area contributed by atoms with Gasteiger partial charge in [-0.15, -0.1) is 11.8 Å². The molecular weight excluding hydrogens is 256 g/mol. The molecule has 0 aliphatic carbocycles. The zero-order valence-corrected chi connectivity index (χ0v) is 11.6. The molecular formula is C11H18N2O4S. The maximum Gasteiger partial charge on any atom is 0.307 e. The van der Waals surface area contributed by atoms with E-state index in [1.165, 1.54) is 12.0 Å². The first kappa shape index (κ1) is 14.8. The summed E-state index contributed by atoms with van der Waals surface area (Å²) in [6.45, 7) is 4.02. The number of carbonyl (C=O) groups excluding carboxylic acids is 3. The van der Waals surface area contributed by atoms with Crippen LogP contribution in [0.2, 0.25) is 0 Å². The molecule has 102 valence electrons. The lowest BCUT2D eigenvalue weighted by molar-refractivity contribution is -0.140. The molecule has 2 amide bonds. The third-order valence-electron chi connectivity index (χ3n) is 2.82. The van der Waals surface area contributed by atoms with Crippen LogP contribution in [0.15, 0.2) is 0 Å². The summed E-state index contributed by atoms with van der Waals surface area (Å²) >= 11 is 1.56. The van der Waals surface area contributed by atoms with Gasteiger partial charge in [0.1, 0.15) is 6.04 Å². The fraction of sp³-hybridized carbons (Fsp3) is 0.727. The van der Waals surface area contributed by atoms with Crippen molar-refractivity contribution in [2.45, 2.75) is 31.2 Å². The number of nitrogens with one attached hydrogen (secondary N) is 1. The zero-order chi connectivity index (χ0) is 13.8. The molecule has 0 bridgehead atoms. The Balaban J connectivity index is 2.47. The molecule has 1 heterocycles. The minimum absolute atomic E-state index is 0.132. The Labute approximate surface area is 110 Å². The minimum atomic E-state index is -0.472. The smallest absolute Gasteiger partial charge is 0.307 e. The van der Waals surface area contributed by atoms with Crippen LogP contribution in [0, 0.1) is 0 Å². The van der Waals surface area contributed by atoms with Crippen molar-refractivity contribution in [2.75, 3.05) is 19.4 Å². The van der Waals surface area contributed by atoms with Gasteiger partial charge in [0.15, 0.2) is 0 Å². The van der Waals surface area contributed by atoms with Crippen LogP contribution >= 0.6 is 11.8 Å². The summed E-state index contributed by atoms with van der Waals surface area (Å²) in [6.07, 6.45) is 0.830. The van der Waals surface area contributed by atoms with Gasteiger partial charge in [-0.3, -0.25) is 14.4 Å². The second-order valence-corrected chi connectivity index (χ2v) is 6.02. The first-order valence-electron chi connectivity index (χ1n) is 5.64. The SMILES string of the molecule is COC(=O)CCNC(=O)[C@@H]1CSC(C)(C)N1C=O. The predicted octanol–water partition coefficient (Wildman–Crippen LogP) is -0.0244. The Morgan fingerprint density at radius 1 is 1.56 bits per heavy atom. The lowest BCUT2D eigenvalue weighted by atomic mass is 10.2. The maximum atomic E-state index is 11.9. The van der Waals surface area contributed by atoms with Crippen LogP contribution in [-0.2, 0) is 19.1 Å². The lowest BCUT2D eigenvalue weighted by Gasteiger charge is -2.30. The molecule has 1 fully saturated rings. The van der Waals surface area contributed by atoms with Gasteiger partial charge in [0, 0.05) is 12.3 Å². The van der Waals surface area contributed by atoms with Crippen LogP contribution in [0.1, 0.15) is 20.3 Å². The number of thioether (sulfide) groups is 1. The van der Waals surface area contributed by atoms with Gasteiger partial charge in [0.2, 0.25) is 12.3 Å². The van der Waals surface area contributed by atoms with Crippen LogP contribution in [0.4, 0.5) is 0 Å². The van der Waals surface area contributed by atoms with Gasteiger partial charge < -0.3 is 15.0 Å². The standard InChI is InChI=1S/C11H18N2O4S/c1-11(2)13(7-14)8(6-18-11)10(16)12-5-4-9(15)17-3/h7-8H,4-6H2,1-3H3,(H,12,16)/t8-/m0/s1. The van der Waals surface area contributed by atoms with Crippen molar-refractivity contribution in [3.8, 4) is 0 Å². The number of ether oxygens (including phenoxy) is 1. The Bertz CT molecular complexity index is 346. The zero-order valence-electron chi connectivity index (χ0n) is 10.8. The normalized spacial score (nSPS) is 21.5. The van der Waals surface area contributed by atoms with E-state index >= 15 is 0 Å². The molecule has 0 aromatic carbocycles. The number of nitrogens with zero attached hydrogens (tertiary/aromatic N) is 1. The number of methoxy groups -OCH3 is 1. The van der Waals surface area contributed by atoms with Crippen LogP contribution in [0.3, 0.4) is 0 Å². The largest absolute Gasteiger partial charge is 0.469 e. The van der Waals surface area contributed by atoms with Crippen molar-refractivity contribution in [1.29, 1.82) is 0 Å². The monoisotopic (exact) mass is 274 g/mol. The molecule has 0 spiro atoms. The van der Waals surface area contributed by atoms with Crippen LogP contribution in [0.25, 0.3) is 0 Å². The highest BCUT2D eigenvalue weighted by atomic mass is 32.2. The van der Waals surface area contributed by atoms with Gasteiger partial charge >= 0.3 is 5.97 Å². The predicted molar refractivity (Wildman–Crippen MR) is 67.9 cm³/mol. The molecule has 1 rings (SSSR count). The molecule has 6 nitrogen and oxygen atoms in total. The second kappa shape index (κ2) is 6.08. The maximum absolute atomic E-state index is 11.9. The van der Waals surface area contributed by atoms with E-state index in [1.54, 1.807) is 11.8 Å². The summed E-state index contributed by atoms with van der Waals surface area (Å²) in [4.78, 5) is 34.9. The summed E-state index contributed by atoms with van der Waals surface area (Å²) in [5, 5.41) is 2.64. The van der Waals surface area contributed by atoms with Crippen molar-refractivity contribution in [2.24, 2.45) is 0 Å². The molecule has 1 atom stereocenters. The van der Waals surface area contributed by atoms with Gasteiger partial charge in [-0.05, 0) is 13.8 Å². The molecule has 18 heavy (non-hydrogen) atoms. The molecule has 0 radical (unpaired) electrons. The average Bonchev–Trinajstić information content (AvgIpc) is 2.63. The highest BCUT2D eigenvalue weighted by molar-refractivity contribution is 8.00. The van der Waals surface area contributed by atoms with Gasteiger partial charge in [-0.2, -0.15) is 0 Å². The van der Waals surface area contributed by atoms with E-state index in [0.717, 1.165) is 0 Å². The average molecular weight is 274 g/mol. The Kier molecular flexibility index (Phi) is 5.01. The van der Waals surface area contributed by atoms with Crippen LogP contribution in [-0.4, -0.2) is 53.5 Å². The molecule has 1 saturated heterocycles. The third kappa shape index (κ3) is 3.38. The summed E-state index contributed by atoms with van der Waals surface area (Å²) in [5.41, 5.74) is 0. The fourth-order valence-corrected chi connectivity index (χ4v) is 2.92. The van der Waals surface area contributed by atoms with Gasteiger partial charge in [-0.1, -0.05) is 0 Å². The molecule has 1 aliphatic heterocycles. The molecule has 1 aliphatic rings. The van der Waals surface area contributed by atoms with Gasteiger partial charge in [0.05, 0.1) is 18.4 Å². The van der Waals surface area contributed by atoms with Crippen LogP contribution in [0.5, 0.6) is 0 Å². The molecule has 1 N–H and O–H groups in total. The second-order valence-electron chi connectivity index (χ2n) is 4.40. The summed E-state index contributed by atoms with van der Waals surface area (Å²) in [5.74, 6) is -0.0387. The quantitative estimate of drug-likeness (QED) is 0.563. The summed E-state index contributed by atoms with van der Waals surface area (Å²) < 4.78 is 4.47. The number of hydrogen-bond acceptors (Lipinski definition) is 5. The minimum Gasteiger partial charge on any atom is -0.469 e. The summed E-state index contributed by atoms with van der Waals surface area (Å²) in [7, 11) is 1.30.